The Morgan fingerprint density at radius 3 is 3.05 bits per heavy atom. The highest BCUT2D eigenvalue weighted by atomic mass is 16.6. The molecule has 2 rings (SSSR count). The van der Waals surface area contributed by atoms with Gasteiger partial charge in [-0.1, -0.05) is 6.07 Å². The molecule has 1 aromatic carbocycles. The van der Waals surface area contributed by atoms with Gasteiger partial charge in [0.15, 0.2) is 0 Å². The highest BCUT2D eigenvalue weighted by molar-refractivity contribution is 5.89. The standard InChI is InChI=1S/C13H18N4O3/c18-13(15-7-5-10-4-6-14-9-10)16-11-2-1-3-12(8-11)17(19)20/h1-3,8,10,14H,4-7,9H2,(H2,15,16,18). The molecule has 1 saturated heterocycles. The minimum absolute atomic E-state index is 0.0418. The summed E-state index contributed by atoms with van der Waals surface area (Å²) in [6.07, 6.45) is 2.09. The van der Waals surface area contributed by atoms with Crippen LogP contribution < -0.4 is 16.0 Å². The summed E-state index contributed by atoms with van der Waals surface area (Å²) in [7, 11) is 0. The summed E-state index contributed by atoms with van der Waals surface area (Å²) in [6.45, 7) is 2.66. The van der Waals surface area contributed by atoms with E-state index in [1.165, 1.54) is 18.2 Å². The predicted octanol–water partition coefficient (Wildman–Crippen LogP) is 1.72. The van der Waals surface area contributed by atoms with Gasteiger partial charge in [0.2, 0.25) is 0 Å². The molecular formula is C13H18N4O3. The Morgan fingerprint density at radius 1 is 1.50 bits per heavy atom. The highest BCUT2D eigenvalue weighted by Crippen LogP contribution is 2.16. The highest BCUT2D eigenvalue weighted by Gasteiger charge is 2.14. The van der Waals surface area contributed by atoms with Gasteiger partial charge in [-0.15, -0.1) is 0 Å². The minimum atomic E-state index is -0.490. The Kier molecular flexibility index (Phi) is 4.89. The number of amides is 2. The zero-order valence-electron chi connectivity index (χ0n) is 11.1. The summed E-state index contributed by atoms with van der Waals surface area (Å²) in [5.41, 5.74) is 0.374. The number of nitrogens with zero attached hydrogens (tertiary/aromatic N) is 1. The van der Waals surface area contributed by atoms with Gasteiger partial charge in [0.05, 0.1) is 4.92 Å². The van der Waals surface area contributed by atoms with E-state index in [2.05, 4.69) is 16.0 Å². The SMILES string of the molecule is O=C(NCCC1CCNC1)Nc1cccc([N+](=O)[O-])c1. The van der Waals surface area contributed by atoms with Gasteiger partial charge in [-0.05, 0) is 37.9 Å². The van der Waals surface area contributed by atoms with Crippen molar-refractivity contribution in [1.29, 1.82) is 0 Å². The zero-order valence-corrected chi connectivity index (χ0v) is 11.1. The number of benzene rings is 1. The summed E-state index contributed by atoms with van der Waals surface area (Å²) < 4.78 is 0. The lowest BCUT2D eigenvalue weighted by molar-refractivity contribution is -0.384. The fourth-order valence-corrected chi connectivity index (χ4v) is 2.22. The summed E-state index contributed by atoms with van der Waals surface area (Å²) in [5.74, 6) is 0.619. The van der Waals surface area contributed by atoms with Crippen molar-refractivity contribution in [3.05, 3.63) is 34.4 Å². The molecule has 7 nitrogen and oxygen atoms in total. The van der Waals surface area contributed by atoms with Crippen LogP contribution in [0.25, 0.3) is 0 Å². The maximum Gasteiger partial charge on any atom is 0.319 e. The monoisotopic (exact) mass is 278 g/mol. The summed E-state index contributed by atoms with van der Waals surface area (Å²) in [4.78, 5) is 21.8. The molecule has 0 aliphatic carbocycles. The van der Waals surface area contributed by atoms with Crippen molar-refractivity contribution in [1.82, 2.24) is 10.6 Å². The van der Waals surface area contributed by atoms with Crippen molar-refractivity contribution in [2.45, 2.75) is 12.8 Å². The molecule has 0 bridgehead atoms. The third kappa shape index (κ3) is 4.20. The maximum atomic E-state index is 11.7. The molecule has 1 aliphatic rings. The number of urea groups is 1. The van der Waals surface area contributed by atoms with Crippen LogP contribution in [0.3, 0.4) is 0 Å². The first-order valence-electron chi connectivity index (χ1n) is 6.65. The van der Waals surface area contributed by atoms with E-state index in [1.54, 1.807) is 6.07 Å². The molecule has 0 radical (unpaired) electrons. The average Bonchev–Trinajstić information content (AvgIpc) is 2.92. The number of hydrogen-bond acceptors (Lipinski definition) is 4. The summed E-state index contributed by atoms with van der Waals surface area (Å²) >= 11 is 0. The van der Waals surface area contributed by atoms with Gasteiger partial charge in [-0.2, -0.15) is 0 Å². The van der Waals surface area contributed by atoms with E-state index in [9.17, 15) is 14.9 Å². The molecular weight excluding hydrogens is 260 g/mol. The van der Waals surface area contributed by atoms with Crippen LogP contribution in [0.2, 0.25) is 0 Å². The molecule has 2 amide bonds. The molecule has 1 aliphatic heterocycles. The van der Waals surface area contributed by atoms with Crippen LogP contribution in [0.15, 0.2) is 24.3 Å². The minimum Gasteiger partial charge on any atom is -0.338 e. The summed E-state index contributed by atoms with van der Waals surface area (Å²) in [5, 5.41) is 19.3. The number of carbonyl (C=O) groups excluding carboxylic acids is 1. The second kappa shape index (κ2) is 6.85. The number of anilines is 1. The number of hydrogen-bond donors (Lipinski definition) is 3. The fourth-order valence-electron chi connectivity index (χ4n) is 2.22. The van der Waals surface area contributed by atoms with Crippen LogP contribution in [-0.4, -0.2) is 30.6 Å². The van der Waals surface area contributed by atoms with Gasteiger partial charge in [0, 0.05) is 24.4 Å². The van der Waals surface area contributed by atoms with Crippen molar-refractivity contribution >= 4 is 17.4 Å². The van der Waals surface area contributed by atoms with Crippen molar-refractivity contribution < 1.29 is 9.72 Å². The van der Waals surface area contributed by atoms with Gasteiger partial charge in [-0.25, -0.2) is 4.79 Å². The van der Waals surface area contributed by atoms with Crippen LogP contribution in [0.5, 0.6) is 0 Å². The predicted molar refractivity (Wildman–Crippen MR) is 75.7 cm³/mol. The molecule has 1 fully saturated rings. The topological polar surface area (TPSA) is 96.3 Å². The first-order valence-corrected chi connectivity index (χ1v) is 6.65. The van der Waals surface area contributed by atoms with Crippen LogP contribution in [0, 0.1) is 16.0 Å². The maximum absolute atomic E-state index is 11.7. The molecule has 108 valence electrons. The van der Waals surface area contributed by atoms with Crippen molar-refractivity contribution in [3.63, 3.8) is 0 Å². The molecule has 1 aromatic rings. The van der Waals surface area contributed by atoms with Gasteiger partial charge in [-0.3, -0.25) is 10.1 Å². The van der Waals surface area contributed by atoms with Crippen molar-refractivity contribution in [3.8, 4) is 0 Å². The molecule has 7 heteroatoms. The lowest BCUT2D eigenvalue weighted by Gasteiger charge is -2.10. The van der Waals surface area contributed by atoms with E-state index in [0.29, 0.717) is 18.2 Å². The number of carbonyl (C=O) groups is 1. The molecule has 1 heterocycles. The van der Waals surface area contributed by atoms with Gasteiger partial charge < -0.3 is 16.0 Å². The normalized spacial score (nSPS) is 17.7. The van der Waals surface area contributed by atoms with Crippen LogP contribution in [-0.2, 0) is 0 Å². The largest absolute Gasteiger partial charge is 0.338 e. The lowest BCUT2D eigenvalue weighted by atomic mass is 10.1. The fraction of sp³-hybridized carbons (Fsp3) is 0.462. The Hall–Kier alpha value is -2.15. The van der Waals surface area contributed by atoms with Crippen LogP contribution in [0.4, 0.5) is 16.2 Å². The smallest absolute Gasteiger partial charge is 0.319 e. The molecule has 1 unspecified atom stereocenters. The number of non-ortho nitro benzene ring substituents is 1. The number of nitro benzene ring substituents is 1. The Labute approximate surface area is 116 Å². The van der Waals surface area contributed by atoms with Crippen molar-refractivity contribution in [2.24, 2.45) is 5.92 Å². The van der Waals surface area contributed by atoms with E-state index in [-0.39, 0.29) is 11.7 Å². The van der Waals surface area contributed by atoms with E-state index >= 15 is 0 Å². The van der Waals surface area contributed by atoms with Gasteiger partial charge >= 0.3 is 6.03 Å². The Morgan fingerprint density at radius 2 is 2.35 bits per heavy atom. The first-order chi connectivity index (χ1) is 9.65. The Bertz CT molecular complexity index is 486. The van der Waals surface area contributed by atoms with E-state index in [4.69, 9.17) is 0 Å². The molecule has 0 aromatic heterocycles. The van der Waals surface area contributed by atoms with Crippen LogP contribution >= 0.6 is 0 Å². The van der Waals surface area contributed by atoms with E-state index in [1.807, 2.05) is 0 Å². The van der Waals surface area contributed by atoms with E-state index in [0.717, 1.165) is 25.9 Å². The second-order valence-electron chi connectivity index (χ2n) is 4.84. The van der Waals surface area contributed by atoms with Gasteiger partial charge in [0.1, 0.15) is 0 Å². The van der Waals surface area contributed by atoms with Crippen LogP contribution in [0.1, 0.15) is 12.8 Å². The summed E-state index contributed by atoms with van der Waals surface area (Å²) in [6, 6.07) is 5.54. The third-order valence-electron chi connectivity index (χ3n) is 3.32. The Balaban J connectivity index is 1.76. The second-order valence-corrected chi connectivity index (χ2v) is 4.84. The zero-order chi connectivity index (χ0) is 14.4. The molecule has 1 atom stereocenters. The quantitative estimate of drug-likeness (QED) is 0.564. The number of rotatable bonds is 5. The molecule has 3 N–H and O–H groups in total. The molecule has 0 saturated carbocycles. The molecule has 0 spiro atoms. The van der Waals surface area contributed by atoms with E-state index < -0.39 is 4.92 Å². The first kappa shape index (κ1) is 14.3. The van der Waals surface area contributed by atoms with Crippen molar-refractivity contribution in [2.75, 3.05) is 25.0 Å². The lowest BCUT2D eigenvalue weighted by Crippen LogP contribution is -2.30. The molecule has 20 heavy (non-hydrogen) atoms. The van der Waals surface area contributed by atoms with Gasteiger partial charge in [0.25, 0.3) is 5.69 Å². The number of nitrogens with one attached hydrogen (secondary N) is 3. The number of nitro groups is 1. The third-order valence-corrected chi connectivity index (χ3v) is 3.32. The average molecular weight is 278 g/mol.